The van der Waals surface area contributed by atoms with E-state index < -0.39 is 0 Å². The summed E-state index contributed by atoms with van der Waals surface area (Å²) in [4.78, 5) is 15.0. The van der Waals surface area contributed by atoms with Gasteiger partial charge in [-0.2, -0.15) is 0 Å². The molecule has 0 bridgehead atoms. The Bertz CT molecular complexity index is 1010. The number of hydrogen-bond acceptors (Lipinski definition) is 5. The summed E-state index contributed by atoms with van der Waals surface area (Å²) in [5, 5.41) is 12.9. The summed E-state index contributed by atoms with van der Waals surface area (Å²) < 4.78 is 2.22. The Morgan fingerprint density at radius 2 is 1.77 bits per heavy atom. The number of benzene rings is 2. The van der Waals surface area contributed by atoms with Crippen LogP contribution in [0.4, 0.5) is 5.69 Å². The van der Waals surface area contributed by atoms with Gasteiger partial charge in [-0.25, -0.2) is 0 Å². The van der Waals surface area contributed by atoms with Crippen molar-refractivity contribution in [3.05, 3.63) is 60.4 Å². The number of para-hydroxylation sites is 1. The Morgan fingerprint density at radius 1 is 1.06 bits per heavy atom. The topological polar surface area (TPSA) is 63.1 Å². The van der Waals surface area contributed by atoms with Crippen molar-refractivity contribution in [3.63, 3.8) is 0 Å². The Morgan fingerprint density at radius 3 is 2.48 bits per heavy atom. The standard InChI is InChI=1S/C24H29N5OS/c1-3-29-23(26-27-24(29)31-2)19-13-15-28(16-14-19)17-22(30)25-21-12-8-7-11-20(21)18-9-5-4-6-10-18/h4-12,19H,3,13-17H2,1-2H3,(H,25,30). The first-order chi connectivity index (χ1) is 15.2. The van der Waals surface area contributed by atoms with Crippen molar-refractivity contribution in [3.8, 4) is 11.1 Å². The Hall–Kier alpha value is -2.64. The molecule has 0 unspecified atom stereocenters. The van der Waals surface area contributed by atoms with E-state index in [0.29, 0.717) is 12.5 Å². The van der Waals surface area contributed by atoms with Gasteiger partial charge in [-0.05, 0) is 50.7 Å². The van der Waals surface area contributed by atoms with E-state index in [0.717, 1.165) is 60.3 Å². The maximum atomic E-state index is 12.8. The molecule has 1 aromatic heterocycles. The molecule has 2 heterocycles. The number of aromatic nitrogens is 3. The molecule has 7 heteroatoms. The van der Waals surface area contributed by atoms with Crippen LogP contribution in [-0.2, 0) is 11.3 Å². The van der Waals surface area contributed by atoms with E-state index in [1.165, 1.54) is 0 Å². The third-order valence-electron chi connectivity index (χ3n) is 5.85. The van der Waals surface area contributed by atoms with Crippen LogP contribution in [0.25, 0.3) is 11.1 Å². The van der Waals surface area contributed by atoms with Crippen molar-refractivity contribution >= 4 is 23.4 Å². The zero-order valence-electron chi connectivity index (χ0n) is 18.1. The summed E-state index contributed by atoms with van der Waals surface area (Å²) >= 11 is 1.64. The van der Waals surface area contributed by atoms with Crippen LogP contribution in [0.5, 0.6) is 0 Å². The molecule has 0 atom stereocenters. The van der Waals surface area contributed by atoms with Crippen LogP contribution in [-0.4, -0.2) is 51.5 Å². The molecule has 1 fully saturated rings. The second kappa shape index (κ2) is 10.1. The van der Waals surface area contributed by atoms with E-state index in [-0.39, 0.29) is 5.91 Å². The van der Waals surface area contributed by atoms with E-state index in [2.05, 4.69) is 44.0 Å². The quantitative estimate of drug-likeness (QED) is 0.554. The van der Waals surface area contributed by atoms with E-state index in [4.69, 9.17) is 0 Å². The van der Waals surface area contributed by atoms with Gasteiger partial charge in [0.15, 0.2) is 5.16 Å². The minimum atomic E-state index is 0.0308. The first-order valence-corrected chi connectivity index (χ1v) is 12.1. The van der Waals surface area contributed by atoms with Gasteiger partial charge in [0.1, 0.15) is 5.82 Å². The summed E-state index contributed by atoms with van der Waals surface area (Å²) in [6, 6.07) is 18.1. The van der Waals surface area contributed by atoms with Crippen LogP contribution in [0.3, 0.4) is 0 Å². The fourth-order valence-electron chi connectivity index (χ4n) is 4.25. The number of piperidine rings is 1. The molecule has 2 aromatic carbocycles. The zero-order chi connectivity index (χ0) is 21.6. The first kappa shape index (κ1) is 21.6. The monoisotopic (exact) mass is 435 g/mol. The number of amides is 1. The summed E-state index contributed by atoms with van der Waals surface area (Å²) in [7, 11) is 0. The fraction of sp³-hybridized carbons (Fsp3) is 0.375. The second-order valence-corrected chi connectivity index (χ2v) is 8.57. The molecular weight excluding hydrogens is 406 g/mol. The summed E-state index contributed by atoms with van der Waals surface area (Å²) in [5.74, 6) is 1.53. The summed E-state index contributed by atoms with van der Waals surface area (Å²) in [6.45, 7) is 5.22. The number of carbonyl (C=O) groups is 1. The van der Waals surface area contributed by atoms with Gasteiger partial charge < -0.3 is 9.88 Å². The van der Waals surface area contributed by atoms with Crippen LogP contribution in [0, 0.1) is 0 Å². The van der Waals surface area contributed by atoms with Gasteiger partial charge in [0.2, 0.25) is 5.91 Å². The van der Waals surface area contributed by atoms with Gasteiger partial charge in [0.05, 0.1) is 6.54 Å². The molecule has 1 aliphatic rings. The highest BCUT2D eigenvalue weighted by Gasteiger charge is 2.26. The van der Waals surface area contributed by atoms with Crippen molar-refractivity contribution < 1.29 is 4.79 Å². The smallest absolute Gasteiger partial charge is 0.238 e. The number of anilines is 1. The third-order valence-corrected chi connectivity index (χ3v) is 6.52. The molecule has 1 saturated heterocycles. The molecule has 1 aliphatic heterocycles. The number of nitrogens with one attached hydrogen (secondary N) is 1. The summed E-state index contributed by atoms with van der Waals surface area (Å²) in [5.41, 5.74) is 3.00. The van der Waals surface area contributed by atoms with Crippen LogP contribution in [0.2, 0.25) is 0 Å². The SMILES string of the molecule is CCn1c(SC)nnc1C1CCN(CC(=O)Nc2ccccc2-c2ccccc2)CC1. The van der Waals surface area contributed by atoms with Gasteiger partial charge in [0.25, 0.3) is 0 Å². The van der Waals surface area contributed by atoms with E-state index >= 15 is 0 Å². The predicted molar refractivity (Wildman–Crippen MR) is 126 cm³/mol. The van der Waals surface area contributed by atoms with Crippen molar-refractivity contribution in [1.29, 1.82) is 0 Å². The number of rotatable bonds is 7. The van der Waals surface area contributed by atoms with E-state index in [1.807, 2.05) is 48.7 Å². The average molecular weight is 436 g/mol. The highest BCUT2D eigenvalue weighted by Crippen LogP contribution is 2.30. The van der Waals surface area contributed by atoms with Crippen LogP contribution in [0.15, 0.2) is 59.8 Å². The molecule has 0 saturated carbocycles. The normalized spacial score (nSPS) is 15.2. The molecule has 0 spiro atoms. The lowest BCUT2D eigenvalue weighted by molar-refractivity contribution is -0.117. The molecular formula is C24H29N5OS. The lowest BCUT2D eigenvalue weighted by atomic mass is 9.96. The molecule has 1 amide bonds. The largest absolute Gasteiger partial charge is 0.324 e. The minimum absolute atomic E-state index is 0.0308. The van der Waals surface area contributed by atoms with Crippen molar-refractivity contribution in [2.24, 2.45) is 0 Å². The minimum Gasteiger partial charge on any atom is -0.324 e. The second-order valence-electron chi connectivity index (χ2n) is 7.80. The van der Waals surface area contributed by atoms with Gasteiger partial charge in [0, 0.05) is 23.7 Å². The van der Waals surface area contributed by atoms with E-state index in [9.17, 15) is 4.79 Å². The fourth-order valence-corrected chi connectivity index (χ4v) is 4.82. The predicted octanol–water partition coefficient (Wildman–Crippen LogP) is 4.51. The maximum absolute atomic E-state index is 12.8. The lowest BCUT2D eigenvalue weighted by Gasteiger charge is -2.31. The Kier molecular flexibility index (Phi) is 7.04. The van der Waals surface area contributed by atoms with Crippen LogP contribution >= 0.6 is 11.8 Å². The molecule has 0 radical (unpaired) electrons. The number of nitrogens with zero attached hydrogens (tertiary/aromatic N) is 4. The molecule has 31 heavy (non-hydrogen) atoms. The van der Waals surface area contributed by atoms with Gasteiger partial charge in [-0.1, -0.05) is 60.3 Å². The average Bonchev–Trinajstić information content (AvgIpc) is 3.23. The number of likely N-dealkylation sites (tertiary alicyclic amines) is 1. The molecule has 0 aliphatic carbocycles. The van der Waals surface area contributed by atoms with Gasteiger partial charge >= 0.3 is 0 Å². The van der Waals surface area contributed by atoms with Crippen LogP contribution < -0.4 is 5.32 Å². The van der Waals surface area contributed by atoms with Crippen molar-refractivity contribution in [1.82, 2.24) is 19.7 Å². The number of carbonyl (C=O) groups excluding carboxylic acids is 1. The lowest BCUT2D eigenvalue weighted by Crippen LogP contribution is -2.39. The molecule has 1 N–H and O–H groups in total. The highest BCUT2D eigenvalue weighted by molar-refractivity contribution is 7.98. The van der Waals surface area contributed by atoms with Crippen molar-refractivity contribution in [2.45, 2.75) is 37.4 Å². The third kappa shape index (κ3) is 4.99. The molecule has 6 nitrogen and oxygen atoms in total. The van der Waals surface area contributed by atoms with Gasteiger partial charge in [-0.15, -0.1) is 10.2 Å². The summed E-state index contributed by atoms with van der Waals surface area (Å²) in [6.07, 6.45) is 4.04. The molecule has 4 rings (SSSR count). The van der Waals surface area contributed by atoms with Crippen molar-refractivity contribution in [2.75, 3.05) is 31.2 Å². The van der Waals surface area contributed by atoms with Gasteiger partial charge in [-0.3, -0.25) is 9.69 Å². The zero-order valence-corrected chi connectivity index (χ0v) is 18.9. The Balaban J connectivity index is 1.35. The van der Waals surface area contributed by atoms with E-state index in [1.54, 1.807) is 11.8 Å². The first-order valence-electron chi connectivity index (χ1n) is 10.8. The molecule has 3 aromatic rings. The highest BCUT2D eigenvalue weighted by atomic mass is 32.2. The maximum Gasteiger partial charge on any atom is 0.238 e. The van der Waals surface area contributed by atoms with Crippen LogP contribution in [0.1, 0.15) is 31.5 Å². The number of thioether (sulfide) groups is 1. The molecule has 162 valence electrons. The Labute approximate surface area is 188 Å². The number of hydrogen-bond donors (Lipinski definition) is 1.